The molecule has 6 radical (unpaired) electrons. The fourth-order valence-corrected chi connectivity index (χ4v) is 0.851. The van der Waals surface area contributed by atoms with Crippen LogP contribution in [0.1, 0.15) is 10.4 Å². The van der Waals surface area contributed by atoms with E-state index in [2.05, 4.69) is 0 Å². The fraction of sp³-hybridized carbons (Fsp3) is 0.125. The molecule has 0 saturated carbocycles. The maximum atomic E-state index is 12.4. The number of ketones is 1. The minimum absolute atomic E-state index is 0.189. The van der Waals surface area contributed by atoms with E-state index in [1.54, 1.807) is 0 Å². The second-order valence-electron chi connectivity index (χ2n) is 2.77. The zero-order valence-corrected chi connectivity index (χ0v) is 6.83. The van der Waals surface area contributed by atoms with Gasteiger partial charge in [-0.1, -0.05) is 5.11 Å². The lowest BCUT2D eigenvalue weighted by molar-refractivity contribution is 0.0993. The highest BCUT2D eigenvalue weighted by molar-refractivity contribution is 6.70. The molecule has 0 saturated heterocycles. The van der Waals surface area contributed by atoms with Crippen molar-refractivity contribution in [3.8, 4) is 0 Å². The Balaban J connectivity index is 2.97. The van der Waals surface area contributed by atoms with Gasteiger partial charge in [0.25, 0.3) is 0 Å². The van der Waals surface area contributed by atoms with E-state index in [0.717, 1.165) is 12.1 Å². The van der Waals surface area contributed by atoms with Crippen molar-refractivity contribution in [2.24, 2.45) is 0 Å². The van der Waals surface area contributed by atoms with Crippen molar-refractivity contribution >= 4 is 29.3 Å². The third kappa shape index (κ3) is 2.48. The summed E-state index contributed by atoms with van der Waals surface area (Å²) in [6.07, 6.45) is 0. The number of benzene rings is 1. The summed E-state index contributed by atoms with van der Waals surface area (Å²) < 4.78 is 12.4. The molecule has 0 unspecified atom stereocenters. The van der Waals surface area contributed by atoms with E-state index in [1.807, 2.05) is 0 Å². The molecule has 5 heteroatoms. The van der Waals surface area contributed by atoms with Gasteiger partial charge in [-0.3, -0.25) is 4.79 Å². The van der Waals surface area contributed by atoms with Crippen LogP contribution in [-0.2, 0) is 0 Å². The summed E-state index contributed by atoms with van der Waals surface area (Å²) in [6.45, 7) is 0. The van der Waals surface area contributed by atoms with Crippen molar-refractivity contribution in [3.63, 3.8) is 0 Å². The molecule has 58 valence electrons. The molecule has 0 fully saturated rings. The molecule has 13 heavy (non-hydrogen) atoms. The Morgan fingerprint density at radius 1 is 1.15 bits per heavy atom. The van der Waals surface area contributed by atoms with E-state index in [1.165, 1.54) is 12.1 Å². The average Bonchev–Trinajstić information content (AvgIpc) is 2.03. The first-order valence-electron chi connectivity index (χ1n) is 3.58. The predicted molar refractivity (Wildman–Crippen MR) is 50.7 cm³/mol. The van der Waals surface area contributed by atoms with E-state index in [9.17, 15) is 9.18 Å². The van der Waals surface area contributed by atoms with Gasteiger partial charge in [0.15, 0.2) is 0 Å². The van der Waals surface area contributed by atoms with Crippen molar-refractivity contribution in [1.29, 1.82) is 0 Å². The zero-order valence-electron chi connectivity index (χ0n) is 6.83. The fourth-order valence-electron chi connectivity index (χ4n) is 0.851. The first kappa shape index (κ1) is 10.1. The molecule has 1 aromatic carbocycles. The van der Waals surface area contributed by atoms with Gasteiger partial charge in [-0.15, -0.1) is 0 Å². The van der Waals surface area contributed by atoms with Crippen molar-refractivity contribution in [1.82, 2.24) is 0 Å². The minimum atomic E-state index is -1.90. The molecule has 0 heterocycles. The molecule has 0 bridgehead atoms. The normalized spacial score (nSPS) is 11.2. The van der Waals surface area contributed by atoms with Crippen molar-refractivity contribution < 1.29 is 9.18 Å². The monoisotopic (exact) mass is 168 g/mol. The highest BCUT2D eigenvalue weighted by Crippen LogP contribution is 2.17. The molecule has 0 aromatic heterocycles. The molecular formula is C8H4B3FO. The van der Waals surface area contributed by atoms with Crippen LogP contribution in [0.2, 0.25) is 5.11 Å². The largest absolute Gasteiger partial charge is 0.296 e. The van der Waals surface area contributed by atoms with Crippen LogP contribution < -0.4 is 0 Å². The van der Waals surface area contributed by atoms with Crippen molar-refractivity contribution in [2.45, 2.75) is 5.11 Å². The molecule has 0 amide bonds. The van der Waals surface area contributed by atoms with Gasteiger partial charge in [-0.25, -0.2) is 4.39 Å². The maximum Gasteiger partial charge on any atom is 0.144 e. The average molecular weight is 168 g/mol. The van der Waals surface area contributed by atoms with Crippen LogP contribution in [0.5, 0.6) is 0 Å². The molecule has 0 aliphatic carbocycles. The van der Waals surface area contributed by atoms with Crippen LogP contribution in [0.3, 0.4) is 0 Å². The third-order valence-electron chi connectivity index (χ3n) is 1.50. The van der Waals surface area contributed by atoms with E-state index >= 15 is 0 Å². The summed E-state index contributed by atoms with van der Waals surface area (Å²) in [5, 5.41) is -1.90. The summed E-state index contributed by atoms with van der Waals surface area (Å²) in [4.78, 5) is 11.3. The second kappa shape index (κ2) is 3.40. The van der Waals surface area contributed by atoms with Crippen LogP contribution in [0, 0.1) is 5.82 Å². The molecule has 0 spiro atoms. The van der Waals surface area contributed by atoms with Crippen LogP contribution in [0.4, 0.5) is 4.39 Å². The van der Waals surface area contributed by atoms with Crippen LogP contribution >= 0.6 is 0 Å². The summed E-state index contributed by atoms with van der Waals surface area (Å²) in [7, 11) is 15.5. The third-order valence-corrected chi connectivity index (χ3v) is 1.50. The topological polar surface area (TPSA) is 17.1 Å². The predicted octanol–water partition coefficient (Wildman–Crippen LogP) is 0.588. The lowest BCUT2D eigenvalue weighted by atomic mass is 9.40. The lowest BCUT2D eigenvalue weighted by Crippen LogP contribution is -2.24. The summed E-state index contributed by atoms with van der Waals surface area (Å²) in [5.41, 5.74) is 0.189. The van der Waals surface area contributed by atoms with Crippen molar-refractivity contribution in [2.75, 3.05) is 0 Å². The number of Topliss-reactive ketones (excluding diaryl/α,β-unsaturated/α-hetero) is 1. The number of hydrogen-bond donors (Lipinski definition) is 0. The van der Waals surface area contributed by atoms with Crippen LogP contribution in [0.25, 0.3) is 0 Å². The van der Waals surface area contributed by atoms with E-state index < -0.39 is 16.7 Å². The highest BCUT2D eigenvalue weighted by atomic mass is 19.1. The Bertz CT molecular complexity index is 315. The van der Waals surface area contributed by atoms with E-state index in [4.69, 9.17) is 23.5 Å². The van der Waals surface area contributed by atoms with Crippen molar-refractivity contribution in [3.05, 3.63) is 35.6 Å². The minimum Gasteiger partial charge on any atom is -0.296 e. The molecule has 1 aromatic rings. The Hall–Kier alpha value is -0.985. The van der Waals surface area contributed by atoms with Gasteiger partial charge >= 0.3 is 0 Å². The molecule has 1 nitrogen and oxygen atoms in total. The first-order valence-corrected chi connectivity index (χ1v) is 3.58. The Labute approximate surface area is 79.9 Å². The van der Waals surface area contributed by atoms with Gasteiger partial charge in [-0.05, 0) is 24.3 Å². The Morgan fingerprint density at radius 3 is 2.00 bits per heavy atom. The number of carbonyl (C=O) groups excluding carboxylic acids is 1. The summed E-state index contributed by atoms with van der Waals surface area (Å²) >= 11 is 0. The maximum absolute atomic E-state index is 12.4. The standard InChI is InChI=1S/C8H4B3FO/c9-8(10,11)7(13)5-1-3-6(12)4-2-5/h1-4H. The highest BCUT2D eigenvalue weighted by Gasteiger charge is 2.20. The Kier molecular flexibility index (Phi) is 2.64. The van der Waals surface area contributed by atoms with E-state index in [0.29, 0.717) is 0 Å². The molecule has 0 N–H and O–H groups in total. The molecule has 0 aliphatic rings. The zero-order chi connectivity index (χ0) is 10.1. The SMILES string of the molecule is [B]C([B])([B])C(=O)c1ccc(F)cc1. The van der Waals surface area contributed by atoms with Gasteiger partial charge in [0, 0.05) is 5.56 Å². The number of hydrogen-bond acceptors (Lipinski definition) is 1. The molecule has 1 rings (SSSR count). The number of rotatable bonds is 2. The summed E-state index contributed by atoms with van der Waals surface area (Å²) in [6, 6.07) is 4.83. The van der Waals surface area contributed by atoms with Crippen LogP contribution in [0.15, 0.2) is 24.3 Å². The van der Waals surface area contributed by atoms with Gasteiger partial charge in [0.05, 0.1) is 23.5 Å². The van der Waals surface area contributed by atoms with Crippen LogP contribution in [-0.4, -0.2) is 29.3 Å². The lowest BCUT2D eigenvalue weighted by Gasteiger charge is -2.17. The second-order valence-corrected chi connectivity index (χ2v) is 2.77. The number of halogens is 1. The quantitative estimate of drug-likeness (QED) is 0.466. The molecular weight excluding hydrogens is 164 g/mol. The van der Waals surface area contributed by atoms with E-state index in [-0.39, 0.29) is 5.56 Å². The molecule has 0 atom stereocenters. The number of carbonyl (C=O) groups is 1. The van der Waals surface area contributed by atoms with Gasteiger partial charge in [-0.2, -0.15) is 0 Å². The van der Waals surface area contributed by atoms with Gasteiger partial charge in [0.1, 0.15) is 11.6 Å². The Morgan fingerprint density at radius 2 is 1.62 bits per heavy atom. The van der Waals surface area contributed by atoms with Gasteiger partial charge in [0.2, 0.25) is 0 Å². The smallest absolute Gasteiger partial charge is 0.144 e. The van der Waals surface area contributed by atoms with Gasteiger partial charge < -0.3 is 0 Å². The molecule has 0 aliphatic heterocycles. The first-order chi connectivity index (χ1) is 5.91. The summed E-state index contributed by atoms with van der Waals surface area (Å²) in [5.74, 6) is -1.07.